The van der Waals surface area contributed by atoms with Crippen molar-refractivity contribution in [3.05, 3.63) is 83.9 Å². The van der Waals surface area contributed by atoms with E-state index in [0.29, 0.717) is 25.9 Å². The number of halogens is 1. The molecule has 226 valence electrons. The molecule has 2 N–H and O–H groups in total. The van der Waals surface area contributed by atoms with E-state index in [2.05, 4.69) is 47.0 Å². The van der Waals surface area contributed by atoms with E-state index >= 15 is 0 Å². The van der Waals surface area contributed by atoms with Crippen LogP contribution in [0, 0.1) is 5.92 Å². The van der Waals surface area contributed by atoms with Gasteiger partial charge in [0.2, 0.25) is 18.2 Å². The van der Waals surface area contributed by atoms with Gasteiger partial charge in [-0.05, 0) is 60.5 Å². The second kappa shape index (κ2) is 16.9. The maximum Gasteiger partial charge on any atom is 0.243 e. The molecule has 1 aliphatic rings. The molecule has 0 saturated carbocycles. The van der Waals surface area contributed by atoms with Crippen molar-refractivity contribution >= 4 is 41.4 Å². The average molecular weight is 593 g/mol. The van der Waals surface area contributed by atoms with Gasteiger partial charge in [-0.3, -0.25) is 14.4 Å². The normalized spacial score (nSPS) is 15.3. The quantitative estimate of drug-likeness (QED) is 0.185. The Kier molecular flexibility index (Phi) is 13.3. The Morgan fingerprint density at radius 3 is 2.38 bits per heavy atom. The van der Waals surface area contributed by atoms with Crippen molar-refractivity contribution in [2.75, 3.05) is 19.6 Å². The van der Waals surface area contributed by atoms with Crippen molar-refractivity contribution < 1.29 is 14.4 Å². The Morgan fingerprint density at radius 2 is 1.67 bits per heavy atom. The number of benzene rings is 3. The molecule has 0 bridgehead atoms. The van der Waals surface area contributed by atoms with E-state index in [1.165, 1.54) is 5.56 Å². The first-order valence-electron chi connectivity index (χ1n) is 15.1. The highest BCUT2D eigenvalue weighted by Crippen LogP contribution is 2.27. The smallest absolute Gasteiger partial charge is 0.243 e. The molecular weight excluding hydrogens is 548 g/mol. The third-order valence-electron chi connectivity index (χ3n) is 8.21. The summed E-state index contributed by atoms with van der Waals surface area (Å²) in [5, 5.41) is 8.73. The van der Waals surface area contributed by atoms with Gasteiger partial charge in [0, 0.05) is 32.0 Å². The summed E-state index contributed by atoms with van der Waals surface area (Å²) in [5.41, 5.74) is 2.20. The minimum absolute atomic E-state index is 0. The van der Waals surface area contributed by atoms with Crippen LogP contribution >= 0.6 is 12.4 Å². The molecule has 4 rings (SSSR count). The van der Waals surface area contributed by atoms with E-state index < -0.39 is 12.2 Å². The fourth-order valence-corrected chi connectivity index (χ4v) is 5.83. The lowest BCUT2D eigenvalue weighted by molar-refractivity contribution is -0.147. The third kappa shape index (κ3) is 8.55. The van der Waals surface area contributed by atoms with Crippen molar-refractivity contribution in [2.45, 2.75) is 71.1 Å². The first-order valence-corrected chi connectivity index (χ1v) is 15.1. The summed E-state index contributed by atoms with van der Waals surface area (Å²) >= 11 is 0. The molecule has 1 unspecified atom stereocenters. The molecule has 3 aromatic rings. The number of rotatable bonds is 15. The van der Waals surface area contributed by atoms with Gasteiger partial charge in [-0.15, -0.1) is 12.4 Å². The van der Waals surface area contributed by atoms with Crippen LogP contribution in [0.1, 0.15) is 57.1 Å². The Labute approximate surface area is 256 Å². The monoisotopic (exact) mass is 592 g/mol. The van der Waals surface area contributed by atoms with E-state index in [-0.39, 0.29) is 30.1 Å². The van der Waals surface area contributed by atoms with Crippen molar-refractivity contribution in [2.24, 2.45) is 5.92 Å². The molecule has 0 aliphatic carbocycles. The van der Waals surface area contributed by atoms with Crippen LogP contribution in [0.2, 0.25) is 0 Å². The SMILES string of the molecule is CCC(CC)C(=O)N1CCCC1N(C=O)[C@H](Cc1ccc2ccccc2c1)C(=O)NCCCNCc1ccccc1.Cl. The molecule has 8 heteroatoms. The summed E-state index contributed by atoms with van der Waals surface area (Å²) in [6.45, 7) is 6.71. The highest BCUT2D eigenvalue weighted by Gasteiger charge is 2.39. The van der Waals surface area contributed by atoms with E-state index in [1.54, 1.807) is 4.90 Å². The summed E-state index contributed by atoms with van der Waals surface area (Å²) in [5.74, 6) is -0.172. The predicted octanol–water partition coefficient (Wildman–Crippen LogP) is 5.31. The third-order valence-corrected chi connectivity index (χ3v) is 8.21. The zero-order chi connectivity index (χ0) is 29.0. The Bertz CT molecular complexity index is 1280. The number of nitrogens with zero attached hydrogens (tertiary/aromatic N) is 2. The average Bonchev–Trinajstić information content (AvgIpc) is 3.49. The van der Waals surface area contributed by atoms with Crippen LogP contribution in [0.15, 0.2) is 72.8 Å². The molecule has 3 aromatic carbocycles. The topological polar surface area (TPSA) is 81.8 Å². The summed E-state index contributed by atoms with van der Waals surface area (Å²) in [6, 6.07) is 23.8. The minimum Gasteiger partial charge on any atom is -0.354 e. The summed E-state index contributed by atoms with van der Waals surface area (Å²) in [7, 11) is 0. The van der Waals surface area contributed by atoms with Gasteiger partial charge in [0.1, 0.15) is 12.2 Å². The second-order valence-electron chi connectivity index (χ2n) is 10.9. The zero-order valence-electron chi connectivity index (χ0n) is 24.8. The van der Waals surface area contributed by atoms with Gasteiger partial charge in [-0.1, -0.05) is 86.6 Å². The lowest BCUT2D eigenvalue weighted by atomic mass is 9.99. The molecule has 1 fully saturated rings. The van der Waals surface area contributed by atoms with Crippen molar-refractivity contribution in [3.8, 4) is 0 Å². The number of carbonyl (C=O) groups excluding carboxylic acids is 3. The lowest BCUT2D eigenvalue weighted by Crippen LogP contribution is -2.57. The maximum absolute atomic E-state index is 13.7. The fourth-order valence-electron chi connectivity index (χ4n) is 5.83. The number of fused-ring (bicyclic) bond motifs is 1. The largest absolute Gasteiger partial charge is 0.354 e. The van der Waals surface area contributed by atoms with Crippen LogP contribution in [0.4, 0.5) is 0 Å². The predicted molar refractivity (Wildman–Crippen MR) is 171 cm³/mol. The molecule has 1 heterocycles. The number of hydrogen-bond donors (Lipinski definition) is 2. The number of carbonyl (C=O) groups is 3. The van der Waals surface area contributed by atoms with E-state index in [9.17, 15) is 14.4 Å². The van der Waals surface area contributed by atoms with Gasteiger partial charge >= 0.3 is 0 Å². The lowest BCUT2D eigenvalue weighted by Gasteiger charge is -2.38. The number of likely N-dealkylation sites (tertiary alicyclic amines) is 1. The van der Waals surface area contributed by atoms with Gasteiger partial charge in [0.25, 0.3) is 0 Å². The summed E-state index contributed by atoms with van der Waals surface area (Å²) in [6.07, 6.45) is 4.53. The molecule has 3 amide bonds. The first-order chi connectivity index (χ1) is 20.0. The molecular formula is C34H45ClN4O3. The second-order valence-corrected chi connectivity index (χ2v) is 10.9. The zero-order valence-corrected chi connectivity index (χ0v) is 25.7. The van der Waals surface area contributed by atoms with Crippen molar-refractivity contribution in [1.82, 2.24) is 20.4 Å². The number of nitrogens with one attached hydrogen (secondary N) is 2. The highest BCUT2D eigenvalue weighted by atomic mass is 35.5. The molecule has 0 spiro atoms. The summed E-state index contributed by atoms with van der Waals surface area (Å²) < 4.78 is 0. The van der Waals surface area contributed by atoms with Crippen molar-refractivity contribution in [1.29, 1.82) is 0 Å². The van der Waals surface area contributed by atoms with Crippen LogP contribution < -0.4 is 10.6 Å². The molecule has 0 aromatic heterocycles. The number of amides is 3. The molecule has 2 atom stereocenters. The van der Waals surface area contributed by atoms with E-state index in [1.807, 2.05) is 55.1 Å². The van der Waals surface area contributed by atoms with Gasteiger partial charge in [-0.2, -0.15) is 0 Å². The molecule has 1 aliphatic heterocycles. The highest BCUT2D eigenvalue weighted by molar-refractivity contribution is 5.86. The van der Waals surface area contributed by atoms with Crippen LogP contribution in [-0.2, 0) is 27.3 Å². The number of hydrogen-bond acceptors (Lipinski definition) is 4. The van der Waals surface area contributed by atoms with Crippen molar-refractivity contribution in [3.63, 3.8) is 0 Å². The molecule has 7 nitrogen and oxygen atoms in total. The molecule has 0 radical (unpaired) electrons. The van der Waals surface area contributed by atoms with Crippen LogP contribution in [0.5, 0.6) is 0 Å². The molecule has 1 saturated heterocycles. The van der Waals surface area contributed by atoms with Crippen LogP contribution in [-0.4, -0.2) is 59.9 Å². The van der Waals surface area contributed by atoms with Gasteiger partial charge in [-0.25, -0.2) is 0 Å². The first kappa shape index (κ1) is 33.1. The van der Waals surface area contributed by atoms with Gasteiger partial charge in [0.05, 0.1) is 0 Å². The molecule has 42 heavy (non-hydrogen) atoms. The Hall–Kier alpha value is -3.42. The van der Waals surface area contributed by atoms with Gasteiger partial charge < -0.3 is 20.4 Å². The Balaban J connectivity index is 0.00000484. The summed E-state index contributed by atoms with van der Waals surface area (Å²) in [4.78, 5) is 43.2. The standard InChI is InChI=1S/C34H44N4O3.ClH/c1-3-28(4-2)34(41)37-21-10-16-32(37)38(25-39)31(23-27-17-18-29-14-8-9-15-30(29)22-27)33(40)36-20-11-19-35-24-26-12-6-5-7-13-26;/h5-9,12-15,17-18,22,25,28,31-32,35H,3-4,10-11,16,19-21,23-24H2,1-2H3,(H,36,40);1H/t31-,32?;/m1./s1. The van der Waals surface area contributed by atoms with Crippen LogP contribution in [0.25, 0.3) is 10.8 Å². The maximum atomic E-state index is 13.7. The minimum atomic E-state index is -0.717. The fraction of sp³-hybridized carbons (Fsp3) is 0.441. The van der Waals surface area contributed by atoms with Gasteiger partial charge in [0.15, 0.2) is 0 Å². The van der Waals surface area contributed by atoms with E-state index in [0.717, 1.165) is 61.5 Å². The Morgan fingerprint density at radius 1 is 0.952 bits per heavy atom. The van der Waals surface area contributed by atoms with E-state index in [4.69, 9.17) is 0 Å². The van der Waals surface area contributed by atoms with Crippen LogP contribution in [0.3, 0.4) is 0 Å².